The van der Waals surface area contributed by atoms with E-state index in [0.29, 0.717) is 0 Å². The quantitative estimate of drug-likeness (QED) is 0.296. The Bertz CT molecular complexity index is 793. The van der Waals surface area contributed by atoms with Crippen molar-refractivity contribution in [3.8, 4) is 0 Å². The molecule has 1 saturated heterocycles. The number of carbonyl (C=O) groups is 4. The van der Waals surface area contributed by atoms with E-state index in [9.17, 15) is 19.2 Å². The molecule has 27 heavy (non-hydrogen) atoms. The van der Waals surface area contributed by atoms with Crippen molar-refractivity contribution < 1.29 is 29.1 Å². The van der Waals surface area contributed by atoms with Crippen molar-refractivity contribution in [3.05, 3.63) is 11.1 Å². The first kappa shape index (κ1) is 20.1. The average molecular weight is 398 g/mol. The minimum atomic E-state index is -1.19. The van der Waals surface area contributed by atoms with E-state index in [1.807, 2.05) is 0 Å². The van der Waals surface area contributed by atoms with Gasteiger partial charge in [-0.2, -0.15) is 0 Å². The highest BCUT2D eigenvalue weighted by Gasteiger charge is 2.44. The smallest absolute Gasteiger partial charge is 0.327 e. The zero-order valence-electron chi connectivity index (χ0n) is 14.5. The van der Waals surface area contributed by atoms with Gasteiger partial charge in [0.25, 0.3) is 11.8 Å². The van der Waals surface area contributed by atoms with Gasteiger partial charge in [-0.1, -0.05) is 5.16 Å². The molecule has 2 heterocycles. The molecule has 146 valence electrons. The fourth-order valence-corrected chi connectivity index (χ4v) is 2.82. The first-order chi connectivity index (χ1) is 12.8. The summed E-state index contributed by atoms with van der Waals surface area (Å²) in [5.74, 6) is -2.55. The van der Waals surface area contributed by atoms with E-state index in [1.54, 1.807) is 6.92 Å². The molecule has 4 amide bonds. The molecule has 1 aromatic heterocycles. The summed E-state index contributed by atoms with van der Waals surface area (Å²) in [5.41, 5.74) is 5.56. The summed E-state index contributed by atoms with van der Waals surface area (Å²) in [4.78, 5) is 57.9. The number of nitrogen functional groups attached to an aromatic ring is 1. The lowest BCUT2D eigenvalue weighted by atomic mass is 10.1. The van der Waals surface area contributed by atoms with Gasteiger partial charge in [0.1, 0.15) is 25.4 Å². The zero-order chi connectivity index (χ0) is 20.1. The predicted octanol–water partition coefficient (Wildman–Crippen LogP) is -1.07. The molecule has 0 unspecified atom stereocenters. The van der Waals surface area contributed by atoms with Crippen LogP contribution in [0.2, 0.25) is 0 Å². The Morgan fingerprint density at radius 2 is 2.26 bits per heavy atom. The van der Waals surface area contributed by atoms with Crippen LogP contribution in [0.1, 0.15) is 12.6 Å². The number of anilines is 1. The number of amides is 4. The number of aliphatic carboxylic acids is 1. The molecule has 13 heteroatoms. The minimum absolute atomic E-state index is 0.0843. The van der Waals surface area contributed by atoms with Gasteiger partial charge in [0.05, 0.1) is 6.54 Å². The number of hydrogen-bond acceptors (Lipinski definition) is 9. The summed E-state index contributed by atoms with van der Waals surface area (Å²) < 4.78 is 0. The van der Waals surface area contributed by atoms with Gasteiger partial charge < -0.3 is 25.9 Å². The highest BCUT2D eigenvalue weighted by Crippen LogP contribution is 2.15. The van der Waals surface area contributed by atoms with Gasteiger partial charge in [0.2, 0.25) is 0 Å². The van der Waals surface area contributed by atoms with Crippen molar-refractivity contribution >= 4 is 46.0 Å². The van der Waals surface area contributed by atoms with Crippen molar-refractivity contribution in [3.63, 3.8) is 0 Å². The summed E-state index contributed by atoms with van der Waals surface area (Å²) in [6.07, 6.45) is 0. The van der Waals surface area contributed by atoms with Crippen LogP contribution in [0, 0.1) is 0 Å². The molecule has 0 aliphatic carbocycles. The number of aromatic nitrogens is 1. The fourth-order valence-electron chi connectivity index (χ4n) is 2.27. The van der Waals surface area contributed by atoms with Gasteiger partial charge in [-0.15, -0.1) is 11.3 Å². The molecule has 4 N–H and O–H groups in total. The molecular formula is C14H18N6O6S. The van der Waals surface area contributed by atoms with Crippen molar-refractivity contribution in [2.75, 3.05) is 32.5 Å². The number of carbonyl (C=O) groups excluding carboxylic acids is 3. The number of likely N-dealkylation sites (N-methyl/N-ethyl adjacent to an activating group) is 1. The number of β-lactam (4-membered cyclic amide) rings is 1. The number of nitrogens with two attached hydrogens (primary N) is 1. The van der Waals surface area contributed by atoms with Crippen LogP contribution in [-0.2, 0) is 19.2 Å². The molecule has 12 nitrogen and oxygen atoms in total. The molecule has 0 saturated carbocycles. The Balaban J connectivity index is 2.00. The second-order valence-electron chi connectivity index (χ2n) is 5.36. The lowest BCUT2D eigenvalue weighted by molar-refractivity contribution is -0.143. The monoisotopic (exact) mass is 398 g/mol. The Hall–Kier alpha value is -3.22. The Morgan fingerprint density at radius 3 is 2.74 bits per heavy atom. The van der Waals surface area contributed by atoms with E-state index >= 15 is 0 Å². The molecule has 0 aromatic carbocycles. The number of rotatable bonds is 7. The van der Waals surface area contributed by atoms with Gasteiger partial charge in [-0.3, -0.25) is 19.3 Å². The number of carboxylic acid groups (broad SMARTS) is 1. The Kier molecular flexibility index (Phi) is 6.28. The van der Waals surface area contributed by atoms with E-state index in [1.165, 1.54) is 12.5 Å². The van der Waals surface area contributed by atoms with Gasteiger partial charge in [-0.25, -0.2) is 9.78 Å². The topological polar surface area (TPSA) is 168 Å². The summed E-state index contributed by atoms with van der Waals surface area (Å²) in [5, 5.41) is 16.6. The van der Waals surface area contributed by atoms with Crippen LogP contribution in [0.4, 0.5) is 9.93 Å². The molecular weight excluding hydrogens is 380 g/mol. The van der Waals surface area contributed by atoms with Crippen LogP contribution in [0.25, 0.3) is 0 Å². The third-order valence-electron chi connectivity index (χ3n) is 3.61. The molecule has 1 aliphatic heterocycles. The van der Waals surface area contributed by atoms with Gasteiger partial charge in [0.15, 0.2) is 10.8 Å². The van der Waals surface area contributed by atoms with Gasteiger partial charge in [0, 0.05) is 11.9 Å². The number of carboxylic acids is 1. The van der Waals surface area contributed by atoms with E-state index in [2.05, 4.69) is 20.3 Å². The second kappa shape index (κ2) is 8.44. The number of oxime groups is 1. The second-order valence-corrected chi connectivity index (χ2v) is 6.25. The van der Waals surface area contributed by atoms with E-state index in [0.717, 1.165) is 21.1 Å². The van der Waals surface area contributed by atoms with Crippen molar-refractivity contribution in [2.24, 2.45) is 5.16 Å². The SMILES string of the molecule is CCN(CC(=O)O)C(=O)N1C[C@H](NC(=O)C(=NOC)c2csc(N)n2)C1=O. The van der Waals surface area contributed by atoms with Crippen LogP contribution in [0.3, 0.4) is 0 Å². The third kappa shape index (κ3) is 4.49. The summed E-state index contributed by atoms with van der Waals surface area (Å²) in [6, 6.07) is -1.67. The van der Waals surface area contributed by atoms with Crippen molar-refractivity contribution in [1.82, 2.24) is 20.1 Å². The molecule has 0 spiro atoms. The number of hydrogen-bond donors (Lipinski definition) is 3. The molecule has 1 atom stereocenters. The zero-order valence-corrected chi connectivity index (χ0v) is 15.4. The van der Waals surface area contributed by atoms with Crippen LogP contribution in [0.15, 0.2) is 10.5 Å². The Labute approximate surface area is 157 Å². The molecule has 1 fully saturated rings. The first-order valence-corrected chi connectivity index (χ1v) is 8.61. The molecule has 0 bridgehead atoms. The number of nitrogens with one attached hydrogen (secondary N) is 1. The lowest BCUT2D eigenvalue weighted by Gasteiger charge is -2.39. The summed E-state index contributed by atoms with van der Waals surface area (Å²) >= 11 is 1.11. The van der Waals surface area contributed by atoms with E-state index in [4.69, 9.17) is 10.8 Å². The highest BCUT2D eigenvalue weighted by molar-refractivity contribution is 7.13. The predicted molar refractivity (Wildman–Crippen MR) is 94.0 cm³/mol. The van der Waals surface area contributed by atoms with Gasteiger partial charge >= 0.3 is 12.0 Å². The van der Waals surface area contributed by atoms with Crippen LogP contribution in [-0.4, -0.2) is 82.2 Å². The Morgan fingerprint density at radius 1 is 1.56 bits per heavy atom. The molecule has 1 aromatic rings. The number of imide groups is 1. The third-order valence-corrected chi connectivity index (χ3v) is 4.28. The van der Waals surface area contributed by atoms with Crippen LogP contribution < -0.4 is 11.1 Å². The number of nitrogens with zero attached hydrogens (tertiary/aromatic N) is 4. The normalized spacial score (nSPS) is 16.5. The van der Waals surface area contributed by atoms with Crippen molar-refractivity contribution in [2.45, 2.75) is 13.0 Å². The summed E-state index contributed by atoms with van der Waals surface area (Å²) in [6.45, 7) is 1.12. The first-order valence-electron chi connectivity index (χ1n) is 7.73. The highest BCUT2D eigenvalue weighted by atomic mass is 32.1. The maximum atomic E-state index is 12.4. The number of urea groups is 1. The average Bonchev–Trinajstić information content (AvgIpc) is 3.05. The molecule has 0 radical (unpaired) electrons. The largest absolute Gasteiger partial charge is 0.480 e. The van der Waals surface area contributed by atoms with E-state index < -0.39 is 36.4 Å². The number of likely N-dealkylation sites (tertiary alicyclic amines) is 1. The minimum Gasteiger partial charge on any atom is -0.480 e. The van der Waals surface area contributed by atoms with Crippen LogP contribution >= 0.6 is 11.3 Å². The maximum absolute atomic E-state index is 12.4. The lowest BCUT2D eigenvalue weighted by Crippen LogP contribution is -2.68. The van der Waals surface area contributed by atoms with Crippen molar-refractivity contribution in [1.29, 1.82) is 0 Å². The van der Waals surface area contributed by atoms with Gasteiger partial charge in [-0.05, 0) is 6.92 Å². The van der Waals surface area contributed by atoms with E-state index in [-0.39, 0.29) is 29.6 Å². The summed E-state index contributed by atoms with van der Waals surface area (Å²) in [7, 11) is 1.25. The number of thiazole rings is 1. The van der Waals surface area contributed by atoms with Crippen LogP contribution in [0.5, 0.6) is 0 Å². The fraction of sp³-hybridized carbons (Fsp3) is 0.429. The molecule has 2 rings (SSSR count). The molecule has 1 aliphatic rings. The maximum Gasteiger partial charge on any atom is 0.327 e. The standard InChI is InChI=1S/C14H18N6O6S/c1-3-19(5-9(21)22)14(25)20-4-7(12(20)24)16-11(23)10(18-26-2)8-6-27-13(15)17-8/h6-7H,3-5H2,1-2H3,(H2,15,17)(H,16,23)(H,21,22)/t7-/m0/s1.